The Morgan fingerprint density at radius 2 is 1.73 bits per heavy atom. The third-order valence-electron chi connectivity index (χ3n) is 4.94. The highest BCUT2D eigenvalue weighted by Crippen LogP contribution is 2.23. The molecule has 1 amide bonds. The molecule has 3 rings (SSSR count). The van der Waals surface area contributed by atoms with Crippen molar-refractivity contribution in [3.05, 3.63) is 54.6 Å². The van der Waals surface area contributed by atoms with Crippen LogP contribution in [0.25, 0.3) is 0 Å². The number of carbonyl (C=O) groups excluding carboxylic acids is 1. The standard InChI is InChI=1S/C21H26N2O3/c1-16(23-13-11-17(15-24)12-14-23)21(25)22-18-7-9-20(10-8-18)26-19-5-3-2-4-6-19/h2-10,16-17,24H,11-15H2,1H3,(H,22,25). The molecule has 0 aliphatic carbocycles. The Bertz CT molecular complexity index is 695. The van der Waals surface area contributed by atoms with Gasteiger partial charge >= 0.3 is 0 Å². The van der Waals surface area contributed by atoms with E-state index in [4.69, 9.17) is 4.74 Å². The fourth-order valence-corrected chi connectivity index (χ4v) is 3.17. The molecule has 0 radical (unpaired) electrons. The van der Waals surface area contributed by atoms with Crippen molar-refractivity contribution in [2.45, 2.75) is 25.8 Å². The maximum Gasteiger partial charge on any atom is 0.241 e. The van der Waals surface area contributed by atoms with Gasteiger partial charge in [-0.1, -0.05) is 18.2 Å². The van der Waals surface area contributed by atoms with Crippen LogP contribution < -0.4 is 10.1 Å². The van der Waals surface area contributed by atoms with Gasteiger partial charge in [-0.3, -0.25) is 9.69 Å². The Kier molecular flexibility index (Phi) is 6.26. The number of hydrogen-bond donors (Lipinski definition) is 2. The Balaban J connectivity index is 1.52. The summed E-state index contributed by atoms with van der Waals surface area (Å²) in [6.07, 6.45) is 1.89. The number of likely N-dealkylation sites (tertiary alicyclic amines) is 1. The number of aliphatic hydroxyl groups excluding tert-OH is 1. The fourth-order valence-electron chi connectivity index (χ4n) is 3.17. The number of ether oxygens (including phenoxy) is 1. The molecular formula is C21H26N2O3. The van der Waals surface area contributed by atoms with Gasteiger partial charge in [-0.15, -0.1) is 0 Å². The van der Waals surface area contributed by atoms with Crippen molar-refractivity contribution in [1.82, 2.24) is 4.90 Å². The highest BCUT2D eigenvalue weighted by molar-refractivity contribution is 5.94. The Labute approximate surface area is 154 Å². The van der Waals surface area contributed by atoms with Crippen LogP contribution in [0.2, 0.25) is 0 Å². The summed E-state index contributed by atoms with van der Waals surface area (Å²) < 4.78 is 5.76. The second kappa shape index (κ2) is 8.83. The topological polar surface area (TPSA) is 61.8 Å². The zero-order valence-corrected chi connectivity index (χ0v) is 15.1. The number of nitrogens with zero attached hydrogens (tertiary/aromatic N) is 1. The first-order valence-electron chi connectivity index (χ1n) is 9.14. The van der Waals surface area contributed by atoms with Crippen molar-refractivity contribution in [2.24, 2.45) is 5.92 Å². The minimum atomic E-state index is -0.185. The molecule has 1 aliphatic rings. The second-order valence-electron chi connectivity index (χ2n) is 6.77. The van der Waals surface area contributed by atoms with Crippen LogP contribution in [0.1, 0.15) is 19.8 Å². The van der Waals surface area contributed by atoms with E-state index >= 15 is 0 Å². The average molecular weight is 354 g/mol. The van der Waals surface area contributed by atoms with Crippen molar-refractivity contribution in [3.63, 3.8) is 0 Å². The predicted octanol–water partition coefficient (Wildman–Crippen LogP) is 3.51. The normalized spacial score (nSPS) is 16.8. The molecule has 1 heterocycles. The summed E-state index contributed by atoms with van der Waals surface area (Å²) in [5.41, 5.74) is 0.757. The summed E-state index contributed by atoms with van der Waals surface area (Å²) in [7, 11) is 0. The molecule has 1 aliphatic heterocycles. The molecule has 0 spiro atoms. The maximum absolute atomic E-state index is 12.5. The predicted molar refractivity (Wildman–Crippen MR) is 102 cm³/mol. The number of hydrogen-bond acceptors (Lipinski definition) is 4. The summed E-state index contributed by atoms with van der Waals surface area (Å²) in [6, 6.07) is 16.8. The number of rotatable bonds is 6. The first-order valence-corrected chi connectivity index (χ1v) is 9.14. The number of aliphatic hydroxyl groups is 1. The summed E-state index contributed by atoms with van der Waals surface area (Å²) in [5, 5.41) is 12.2. The summed E-state index contributed by atoms with van der Waals surface area (Å²) in [4.78, 5) is 14.7. The summed E-state index contributed by atoms with van der Waals surface area (Å²) >= 11 is 0. The number of benzene rings is 2. The van der Waals surface area contributed by atoms with Crippen molar-refractivity contribution in [1.29, 1.82) is 0 Å². The van der Waals surface area contributed by atoms with E-state index in [-0.39, 0.29) is 18.6 Å². The zero-order valence-electron chi connectivity index (χ0n) is 15.1. The van der Waals surface area contributed by atoms with E-state index in [2.05, 4.69) is 10.2 Å². The van der Waals surface area contributed by atoms with Crippen LogP contribution in [0.4, 0.5) is 5.69 Å². The first kappa shape index (κ1) is 18.4. The molecule has 2 aromatic carbocycles. The lowest BCUT2D eigenvalue weighted by molar-refractivity contribution is -0.121. The molecule has 138 valence electrons. The number of anilines is 1. The Morgan fingerprint density at radius 1 is 1.12 bits per heavy atom. The van der Waals surface area contributed by atoms with Gasteiger partial charge in [-0.2, -0.15) is 0 Å². The average Bonchev–Trinajstić information content (AvgIpc) is 2.70. The van der Waals surface area contributed by atoms with Gasteiger partial charge in [0.25, 0.3) is 0 Å². The number of nitrogens with one attached hydrogen (secondary N) is 1. The quantitative estimate of drug-likeness (QED) is 0.833. The van der Waals surface area contributed by atoms with Crippen molar-refractivity contribution in [3.8, 4) is 11.5 Å². The highest BCUT2D eigenvalue weighted by atomic mass is 16.5. The third kappa shape index (κ3) is 4.84. The van der Waals surface area contributed by atoms with Crippen LogP contribution in [0, 0.1) is 5.92 Å². The minimum absolute atomic E-state index is 0.0100. The Morgan fingerprint density at radius 3 is 2.35 bits per heavy atom. The monoisotopic (exact) mass is 354 g/mol. The Hall–Kier alpha value is -2.37. The molecule has 2 N–H and O–H groups in total. The van der Waals surface area contributed by atoms with Gasteiger partial charge < -0.3 is 15.2 Å². The second-order valence-corrected chi connectivity index (χ2v) is 6.77. The number of para-hydroxylation sites is 1. The SMILES string of the molecule is CC(C(=O)Nc1ccc(Oc2ccccc2)cc1)N1CCC(CO)CC1. The largest absolute Gasteiger partial charge is 0.457 e. The molecule has 1 atom stereocenters. The van der Waals surface area contributed by atoms with Crippen LogP contribution in [-0.2, 0) is 4.79 Å². The zero-order chi connectivity index (χ0) is 18.4. The van der Waals surface area contributed by atoms with Crippen molar-refractivity contribution in [2.75, 3.05) is 25.0 Å². The number of amides is 1. The van der Waals surface area contributed by atoms with Crippen LogP contribution in [0.15, 0.2) is 54.6 Å². The third-order valence-corrected chi connectivity index (χ3v) is 4.94. The molecular weight excluding hydrogens is 328 g/mol. The van der Waals surface area contributed by atoms with Crippen LogP contribution in [0.5, 0.6) is 11.5 Å². The van der Waals surface area contributed by atoms with E-state index in [1.165, 1.54) is 0 Å². The van der Waals surface area contributed by atoms with E-state index in [1.807, 2.05) is 61.5 Å². The van der Waals surface area contributed by atoms with E-state index in [0.717, 1.165) is 43.1 Å². The lowest BCUT2D eigenvalue weighted by Gasteiger charge is -2.34. The molecule has 0 aromatic heterocycles. The molecule has 0 saturated carbocycles. The van der Waals surface area contributed by atoms with Gasteiger partial charge in [0.15, 0.2) is 0 Å². The van der Waals surface area contributed by atoms with E-state index in [0.29, 0.717) is 5.92 Å². The van der Waals surface area contributed by atoms with E-state index in [1.54, 1.807) is 0 Å². The van der Waals surface area contributed by atoms with Crippen molar-refractivity contribution < 1.29 is 14.6 Å². The molecule has 1 unspecified atom stereocenters. The molecule has 5 heteroatoms. The highest BCUT2D eigenvalue weighted by Gasteiger charge is 2.26. The number of piperidine rings is 1. The fraction of sp³-hybridized carbons (Fsp3) is 0.381. The molecule has 5 nitrogen and oxygen atoms in total. The van der Waals surface area contributed by atoms with Crippen molar-refractivity contribution >= 4 is 11.6 Å². The van der Waals surface area contributed by atoms with Gasteiger partial charge in [0.2, 0.25) is 5.91 Å². The number of carbonyl (C=O) groups is 1. The molecule has 1 saturated heterocycles. The van der Waals surface area contributed by atoms with E-state index < -0.39 is 0 Å². The van der Waals surface area contributed by atoms with Crippen LogP contribution in [-0.4, -0.2) is 41.7 Å². The molecule has 1 fully saturated rings. The van der Waals surface area contributed by atoms with Gasteiger partial charge in [0, 0.05) is 12.3 Å². The van der Waals surface area contributed by atoms with Gasteiger partial charge in [0.1, 0.15) is 11.5 Å². The van der Waals surface area contributed by atoms with Gasteiger partial charge in [0.05, 0.1) is 6.04 Å². The lowest BCUT2D eigenvalue weighted by atomic mass is 9.97. The van der Waals surface area contributed by atoms with E-state index in [9.17, 15) is 9.90 Å². The van der Waals surface area contributed by atoms with Gasteiger partial charge in [-0.25, -0.2) is 0 Å². The van der Waals surface area contributed by atoms with Crippen LogP contribution in [0.3, 0.4) is 0 Å². The summed E-state index contributed by atoms with van der Waals surface area (Å²) in [5.74, 6) is 1.88. The molecule has 0 bridgehead atoms. The first-order chi connectivity index (χ1) is 12.7. The maximum atomic E-state index is 12.5. The molecule has 2 aromatic rings. The smallest absolute Gasteiger partial charge is 0.241 e. The minimum Gasteiger partial charge on any atom is -0.457 e. The van der Waals surface area contributed by atoms with Crippen LogP contribution >= 0.6 is 0 Å². The lowest BCUT2D eigenvalue weighted by Crippen LogP contribution is -2.46. The van der Waals surface area contributed by atoms with Gasteiger partial charge in [-0.05, 0) is 75.2 Å². The molecule has 26 heavy (non-hydrogen) atoms. The summed E-state index contributed by atoms with van der Waals surface area (Å²) in [6.45, 7) is 3.88.